The summed E-state index contributed by atoms with van der Waals surface area (Å²) < 4.78 is 30.3. The van der Waals surface area contributed by atoms with Crippen molar-refractivity contribution in [3.8, 4) is 17.2 Å². The summed E-state index contributed by atoms with van der Waals surface area (Å²) in [5.74, 6) is -0.507. The van der Waals surface area contributed by atoms with Crippen molar-refractivity contribution < 1.29 is 33.1 Å². The Hall–Kier alpha value is -3.69. The van der Waals surface area contributed by atoms with Gasteiger partial charge >= 0.3 is 17.6 Å². The molecule has 1 aliphatic rings. The number of alkyl halides is 1. The lowest BCUT2D eigenvalue weighted by Crippen LogP contribution is -2.22. The molecule has 0 saturated heterocycles. The molecule has 2 aromatic rings. The predicted molar refractivity (Wildman–Crippen MR) is 154 cm³/mol. The number of ether oxygens (including phenoxy) is 3. The van der Waals surface area contributed by atoms with Crippen molar-refractivity contribution in [1.29, 1.82) is 0 Å². The Morgan fingerprint density at radius 2 is 1.61 bits per heavy atom. The van der Waals surface area contributed by atoms with E-state index < -0.39 is 34.5 Å². The Bertz CT molecular complexity index is 1160. The van der Waals surface area contributed by atoms with Gasteiger partial charge in [-0.15, -0.1) is 0 Å². The molecule has 0 spiro atoms. The van der Waals surface area contributed by atoms with Crippen LogP contribution in [0.4, 0.5) is 15.8 Å². The Labute approximate surface area is 240 Å². The number of unbranched alkanes of at least 4 members (excludes halogenated alkanes) is 3. The van der Waals surface area contributed by atoms with E-state index >= 15 is 0 Å². The van der Waals surface area contributed by atoms with Crippen molar-refractivity contribution in [3.05, 3.63) is 52.1 Å². The minimum absolute atomic E-state index is 0.0625. The van der Waals surface area contributed by atoms with E-state index in [2.05, 4.69) is 6.92 Å². The minimum Gasteiger partial charge on any atom is -0.493 e. The second kappa shape index (κ2) is 15.9. The molecule has 2 aromatic carbocycles. The average molecular weight is 573 g/mol. The third-order valence-corrected chi connectivity index (χ3v) is 7.53. The largest absolute Gasteiger partial charge is 0.493 e. The van der Waals surface area contributed by atoms with Crippen LogP contribution in [0.3, 0.4) is 0 Å². The number of nitrogens with zero attached hydrogens (tertiary/aromatic N) is 1. The summed E-state index contributed by atoms with van der Waals surface area (Å²) in [5, 5.41) is 11.6. The summed E-state index contributed by atoms with van der Waals surface area (Å²) in [6.45, 7) is 4.71. The van der Waals surface area contributed by atoms with Gasteiger partial charge in [0.05, 0.1) is 22.8 Å². The molecule has 1 aliphatic carbocycles. The van der Waals surface area contributed by atoms with E-state index in [-0.39, 0.29) is 23.4 Å². The number of nitrogen functional groups attached to an aromatic ring is 1. The van der Waals surface area contributed by atoms with Gasteiger partial charge < -0.3 is 19.9 Å². The van der Waals surface area contributed by atoms with E-state index in [0.29, 0.717) is 31.1 Å². The Balaban J connectivity index is 1.55. The van der Waals surface area contributed by atoms with Gasteiger partial charge in [-0.3, -0.25) is 10.1 Å². The molecular weight excluding hydrogens is 531 g/mol. The zero-order valence-corrected chi connectivity index (χ0v) is 23.9. The summed E-state index contributed by atoms with van der Waals surface area (Å²) in [6.07, 6.45) is 9.22. The number of carbonyl (C=O) groups is 2. The molecule has 41 heavy (non-hydrogen) atoms. The molecule has 0 aromatic heterocycles. The second-order valence-corrected chi connectivity index (χ2v) is 10.7. The third-order valence-electron chi connectivity index (χ3n) is 7.53. The first-order valence-corrected chi connectivity index (χ1v) is 14.6. The molecule has 0 heterocycles. The van der Waals surface area contributed by atoms with Crippen molar-refractivity contribution in [2.75, 3.05) is 12.3 Å². The van der Waals surface area contributed by atoms with Crippen molar-refractivity contribution in [2.24, 2.45) is 11.8 Å². The Morgan fingerprint density at radius 1 is 0.976 bits per heavy atom. The van der Waals surface area contributed by atoms with E-state index in [4.69, 9.17) is 19.9 Å². The SMILES string of the molecule is CCCCCC1CCC(COc2ccc(OC(=O)c3cc([N+](=O)[O-])c(OC(=O)[C@H](F)CCCC)cc3N)cc2)CC1. The van der Waals surface area contributed by atoms with Gasteiger partial charge in [-0.2, -0.15) is 0 Å². The smallest absolute Gasteiger partial charge is 0.346 e. The molecule has 0 bridgehead atoms. The number of anilines is 1. The fourth-order valence-electron chi connectivity index (χ4n) is 5.01. The lowest BCUT2D eigenvalue weighted by molar-refractivity contribution is -0.385. The highest BCUT2D eigenvalue weighted by molar-refractivity contribution is 5.98. The Kier molecular flexibility index (Phi) is 12.4. The molecule has 0 aliphatic heterocycles. The molecule has 10 heteroatoms. The van der Waals surface area contributed by atoms with Crippen LogP contribution in [0, 0.1) is 22.0 Å². The number of esters is 2. The third kappa shape index (κ3) is 9.72. The van der Waals surface area contributed by atoms with Gasteiger partial charge in [-0.25, -0.2) is 14.0 Å². The number of nitro groups is 1. The van der Waals surface area contributed by atoms with E-state index in [9.17, 15) is 24.1 Å². The molecular formula is C31H41FN2O7. The summed E-state index contributed by atoms with van der Waals surface area (Å²) >= 11 is 0. The fraction of sp³-hybridized carbons (Fsp3) is 0.548. The van der Waals surface area contributed by atoms with Gasteiger partial charge in [0.2, 0.25) is 5.75 Å². The van der Waals surface area contributed by atoms with Gasteiger partial charge in [-0.1, -0.05) is 65.2 Å². The first-order chi connectivity index (χ1) is 19.7. The van der Waals surface area contributed by atoms with Crippen LogP contribution >= 0.6 is 0 Å². The number of rotatable bonds is 15. The van der Waals surface area contributed by atoms with Crippen LogP contribution in [0.1, 0.15) is 94.8 Å². The van der Waals surface area contributed by atoms with Crippen LogP contribution in [0.25, 0.3) is 0 Å². The highest BCUT2D eigenvalue weighted by Crippen LogP contribution is 2.34. The molecule has 0 amide bonds. The van der Waals surface area contributed by atoms with Crippen LogP contribution in [0.2, 0.25) is 0 Å². The summed E-state index contributed by atoms with van der Waals surface area (Å²) in [4.78, 5) is 35.5. The minimum atomic E-state index is -1.93. The van der Waals surface area contributed by atoms with Crippen molar-refractivity contribution >= 4 is 23.3 Å². The van der Waals surface area contributed by atoms with Crippen molar-refractivity contribution in [3.63, 3.8) is 0 Å². The number of hydrogen-bond donors (Lipinski definition) is 1. The number of hydrogen-bond acceptors (Lipinski definition) is 8. The van der Waals surface area contributed by atoms with Gasteiger partial charge in [0, 0.05) is 12.1 Å². The van der Waals surface area contributed by atoms with Gasteiger partial charge in [0.15, 0.2) is 6.17 Å². The number of nitrogens with two attached hydrogens (primary N) is 1. The van der Waals surface area contributed by atoms with E-state index in [0.717, 1.165) is 18.1 Å². The normalized spacial score (nSPS) is 17.4. The quantitative estimate of drug-likeness (QED) is 0.0576. The number of carbonyl (C=O) groups excluding carboxylic acids is 2. The molecule has 1 saturated carbocycles. The molecule has 9 nitrogen and oxygen atoms in total. The molecule has 1 atom stereocenters. The van der Waals surface area contributed by atoms with Gasteiger partial charge in [-0.05, 0) is 55.4 Å². The zero-order chi connectivity index (χ0) is 29.8. The monoisotopic (exact) mass is 572 g/mol. The summed E-state index contributed by atoms with van der Waals surface area (Å²) in [7, 11) is 0. The lowest BCUT2D eigenvalue weighted by atomic mass is 9.80. The topological polar surface area (TPSA) is 131 Å². The fourth-order valence-corrected chi connectivity index (χ4v) is 5.01. The van der Waals surface area contributed by atoms with Crippen molar-refractivity contribution in [1.82, 2.24) is 0 Å². The molecule has 3 rings (SSSR count). The molecule has 2 N–H and O–H groups in total. The van der Waals surface area contributed by atoms with Crippen LogP contribution in [0.5, 0.6) is 17.2 Å². The first-order valence-electron chi connectivity index (χ1n) is 14.6. The van der Waals surface area contributed by atoms with E-state index in [1.54, 1.807) is 24.3 Å². The Morgan fingerprint density at radius 3 is 2.24 bits per heavy atom. The maximum absolute atomic E-state index is 14.0. The highest BCUT2D eigenvalue weighted by Gasteiger charge is 2.28. The molecule has 224 valence electrons. The molecule has 1 fully saturated rings. The van der Waals surface area contributed by atoms with Gasteiger partial charge in [0.1, 0.15) is 11.5 Å². The van der Waals surface area contributed by atoms with Crippen molar-refractivity contribution in [2.45, 2.75) is 90.6 Å². The highest BCUT2D eigenvalue weighted by atomic mass is 19.1. The number of benzene rings is 2. The van der Waals surface area contributed by atoms with Crippen LogP contribution in [-0.4, -0.2) is 29.6 Å². The van der Waals surface area contributed by atoms with Gasteiger partial charge in [0.25, 0.3) is 0 Å². The van der Waals surface area contributed by atoms with E-state index in [1.165, 1.54) is 51.4 Å². The number of halogens is 1. The standard InChI is InChI=1S/C31H41FN2O7/c1-3-5-7-8-21-10-12-22(13-11-21)20-39-23-14-16-24(17-15-23)40-30(35)25-18-28(34(37)38)29(19-27(25)33)41-31(36)26(32)9-6-4-2/h14-19,21-22,26H,3-13,20,33H2,1-2H3/t21?,22?,26-/m1/s1. The van der Waals surface area contributed by atoms with Crippen LogP contribution in [-0.2, 0) is 4.79 Å². The number of nitro benzene ring substituents is 1. The summed E-state index contributed by atoms with van der Waals surface area (Å²) in [6, 6.07) is 8.33. The van der Waals surface area contributed by atoms with E-state index in [1.807, 2.05) is 6.92 Å². The predicted octanol–water partition coefficient (Wildman–Crippen LogP) is 7.60. The second-order valence-electron chi connectivity index (χ2n) is 10.7. The molecule has 0 unspecified atom stereocenters. The van der Waals surface area contributed by atoms with Crippen LogP contribution < -0.4 is 19.9 Å². The first kappa shape index (κ1) is 31.8. The maximum atomic E-state index is 14.0. The lowest BCUT2D eigenvalue weighted by Gasteiger charge is -2.28. The average Bonchev–Trinajstić information content (AvgIpc) is 2.96. The maximum Gasteiger partial charge on any atom is 0.346 e. The zero-order valence-electron chi connectivity index (χ0n) is 23.9. The molecule has 0 radical (unpaired) electrons. The summed E-state index contributed by atoms with van der Waals surface area (Å²) in [5.41, 5.74) is 4.71. The van der Waals surface area contributed by atoms with Crippen LogP contribution in [0.15, 0.2) is 36.4 Å².